The Morgan fingerprint density at radius 3 is 2.29 bits per heavy atom. The van der Waals surface area contributed by atoms with Gasteiger partial charge in [-0.2, -0.15) is 0 Å². The third kappa shape index (κ3) is 5.23. The minimum absolute atomic E-state index is 0.248. The Kier molecular flexibility index (Phi) is 6.49. The molecule has 3 amide bonds. The molecule has 7 heteroatoms. The number of nitrogens with zero attached hydrogens (tertiary/aromatic N) is 2. The van der Waals surface area contributed by atoms with Crippen molar-refractivity contribution >= 4 is 17.6 Å². The lowest BCUT2D eigenvalue weighted by Crippen LogP contribution is -2.55. The fraction of sp³-hybridized carbons (Fsp3) is 0.333. The standard InChI is InChI=1S/C21H26N4O3/c1-16(20(27)23-21(28)22-15-17-5-3-2-4-6-17)24-11-13-25(14-12-24)18-7-9-19(26)10-8-18/h2-10,16,26H,11-15H2,1H3,(H2,22,23,27,28)/t16-/m0/s1. The second-order valence-corrected chi connectivity index (χ2v) is 6.87. The summed E-state index contributed by atoms with van der Waals surface area (Å²) in [7, 11) is 0. The lowest BCUT2D eigenvalue weighted by Gasteiger charge is -2.38. The van der Waals surface area contributed by atoms with Gasteiger partial charge in [-0.1, -0.05) is 30.3 Å². The molecule has 148 valence electrons. The summed E-state index contributed by atoms with van der Waals surface area (Å²) in [4.78, 5) is 28.7. The van der Waals surface area contributed by atoms with E-state index < -0.39 is 6.03 Å². The predicted octanol–water partition coefficient (Wildman–Crippen LogP) is 1.93. The number of imide groups is 1. The molecule has 1 fully saturated rings. The molecule has 1 heterocycles. The number of nitrogens with one attached hydrogen (secondary N) is 2. The molecule has 3 rings (SSSR count). The van der Waals surface area contributed by atoms with Crippen molar-refractivity contribution in [1.29, 1.82) is 0 Å². The maximum absolute atomic E-state index is 12.4. The molecular weight excluding hydrogens is 356 g/mol. The van der Waals surface area contributed by atoms with Crippen LogP contribution in [0.3, 0.4) is 0 Å². The Balaban J connectivity index is 1.43. The van der Waals surface area contributed by atoms with Gasteiger partial charge in [0, 0.05) is 38.4 Å². The van der Waals surface area contributed by atoms with Crippen molar-refractivity contribution in [2.75, 3.05) is 31.1 Å². The van der Waals surface area contributed by atoms with Gasteiger partial charge >= 0.3 is 6.03 Å². The maximum atomic E-state index is 12.4. The van der Waals surface area contributed by atoms with Crippen LogP contribution in [0.25, 0.3) is 0 Å². The van der Waals surface area contributed by atoms with E-state index in [0.717, 1.165) is 37.4 Å². The number of hydrogen-bond acceptors (Lipinski definition) is 5. The summed E-state index contributed by atoms with van der Waals surface area (Å²) < 4.78 is 0. The maximum Gasteiger partial charge on any atom is 0.321 e. The normalized spacial score (nSPS) is 15.7. The molecule has 0 bridgehead atoms. The van der Waals surface area contributed by atoms with E-state index in [9.17, 15) is 14.7 Å². The molecule has 0 spiro atoms. The molecule has 1 atom stereocenters. The zero-order valence-corrected chi connectivity index (χ0v) is 16.0. The number of phenols is 1. The van der Waals surface area contributed by atoms with Gasteiger partial charge in [-0.3, -0.25) is 15.0 Å². The van der Waals surface area contributed by atoms with E-state index in [0.29, 0.717) is 6.54 Å². The Labute approximate surface area is 165 Å². The summed E-state index contributed by atoms with van der Waals surface area (Å²) in [5.74, 6) is -0.0538. The largest absolute Gasteiger partial charge is 0.508 e. The highest BCUT2D eigenvalue weighted by molar-refractivity contribution is 5.96. The lowest BCUT2D eigenvalue weighted by molar-refractivity contribution is -0.124. The van der Waals surface area contributed by atoms with Gasteiger partial charge in [0.05, 0.1) is 6.04 Å². The number of urea groups is 1. The van der Waals surface area contributed by atoms with Crippen molar-refractivity contribution in [2.45, 2.75) is 19.5 Å². The van der Waals surface area contributed by atoms with Crippen molar-refractivity contribution in [3.8, 4) is 5.75 Å². The zero-order valence-electron chi connectivity index (χ0n) is 16.0. The molecule has 2 aromatic carbocycles. The van der Waals surface area contributed by atoms with Gasteiger partial charge in [-0.05, 0) is 36.8 Å². The fourth-order valence-electron chi connectivity index (χ4n) is 3.24. The smallest absolute Gasteiger partial charge is 0.321 e. The highest BCUT2D eigenvalue weighted by Gasteiger charge is 2.26. The number of carbonyl (C=O) groups is 2. The van der Waals surface area contributed by atoms with Crippen LogP contribution in [-0.4, -0.2) is 54.2 Å². The Hall–Kier alpha value is -3.06. The number of carbonyl (C=O) groups excluding carboxylic acids is 2. The zero-order chi connectivity index (χ0) is 19.9. The molecular formula is C21H26N4O3. The van der Waals surface area contributed by atoms with Crippen molar-refractivity contribution < 1.29 is 14.7 Å². The molecule has 3 N–H and O–H groups in total. The first-order valence-corrected chi connectivity index (χ1v) is 9.43. The van der Waals surface area contributed by atoms with E-state index in [1.54, 1.807) is 12.1 Å². The summed E-state index contributed by atoms with van der Waals surface area (Å²) in [6.45, 7) is 5.20. The quantitative estimate of drug-likeness (QED) is 0.736. The van der Waals surface area contributed by atoms with Gasteiger partial charge in [-0.25, -0.2) is 4.79 Å². The highest BCUT2D eigenvalue weighted by Crippen LogP contribution is 2.20. The second kappa shape index (κ2) is 9.23. The van der Waals surface area contributed by atoms with Crippen molar-refractivity contribution in [1.82, 2.24) is 15.5 Å². The van der Waals surface area contributed by atoms with E-state index >= 15 is 0 Å². The van der Waals surface area contributed by atoms with Crippen LogP contribution in [0, 0.1) is 0 Å². The number of anilines is 1. The molecule has 1 saturated heterocycles. The van der Waals surface area contributed by atoms with Crippen LogP contribution < -0.4 is 15.5 Å². The summed E-state index contributed by atoms with van der Waals surface area (Å²) in [6, 6.07) is 15.8. The molecule has 1 aliphatic rings. The van der Waals surface area contributed by atoms with Gasteiger partial charge < -0.3 is 15.3 Å². The number of phenolic OH excluding ortho intramolecular Hbond substituents is 1. The summed E-state index contributed by atoms with van der Waals surface area (Å²) >= 11 is 0. The number of aromatic hydroxyl groups is 1. The lowest BCUT2D eigenvalue weighted by atomic mass is 10.2. The molecule has 2 aromatic rings. The molecule has 0 aromatic heterocycles. The van der Waals surface area contributed by atoms with Crippen molar-refractivity contribution in [3.63, 3.8) is 0 Å². The van der Waals surface area contributed by atoms with E-state index in [-0.39, 0.29) is 17.7 Å². The minimum Gasteiger partial charge on any atom is -0.508 e. The molecule has 1 aliphatic heterocycles. The first-order chi connectivity index (χ1) is 13.5. The number of benzene rings is 2. The number of hydrogen-bond donors (Lipinski definition) is 3. The SMILES string of the molecule is C[C@@H](C(=O)NC(=O)NCc1ccccc1)N1CCN(c2ccc(O)cc2)CC1. The van der Waals surface area contributed by atoms with E-state index in [4.69, 9.17) is 0 Å². The number of rotatable bonds is 5. The van der Waals surface area contributed by atoms with E-state index in [1.807, 2.05) is 49.4 Å². The summed E-state index contributed by atoms with van der Waals surface area (Å²) in [6.07, 6.45) is 0. The van der Waals surface area contributed by atoms with Gasteiger partial charge in [0.25, 0.3) is 0 Å². The topological polar surface area (TPSA) is 84.9 Å². The summed E-state index contributed by atoms with van der Waals surface area (Å²) in [5, 5.41) is 14.5. The third-order valence-corrected chi connectivity index (χ3v) is 4.99. The Bertz CT molecular complexity index is 787. The summed E-state index contributed by atoms with van der Waals surface area (Å²) in [5.41, 5.74) is 2.03. The van der Waals surface area contributed by atoms with E-state index in [1.165, 1.54) is 0 Å². The molecule has 7 nitrogen and oxygen atoms in total. The number of piperazine rings is 1. The van der Waals surface area contributed by atoms with Crippen LogP contribution in [0.4, 0.5) is 10.5 Å². The van der Waals surface area contributed by atoms with Crippen LogP contribution in [0.1, 0.15) is 12.5 Å². The van der Waals surface area contributed by atoms with Crippen LogP contribution in [-0.2, 0) is 11.3 Å². The third-order valence-electron chi connectivity index (χ3n) is 4.99. The minimum atomic E-state index is -0.483. The van der Waals surface area contributed by atoms with E-state index in [2.05, 4.69) is 20.4 Å². The van der Waals surface area contributed by atoms with Crippen LogP contribution >= 0.6 is 0 Å². The highest BCUT2D eigenvalue weighted by atomic mass is 16.3. The van der Waals surface area contributed by atoms with Gasteiger partial charge in [-0.15, -0.1) is 0 Å². The average molecular weight is 382 g/mol. The Morgan fingerprint density at radius 1 is 1.00 bits per heavy atom. The molecule has 28 heavy (non-hydrogen) atoms. The van der Waals surface area contributed by atoms with Gasteiger partial charge in [0.2, 0.25) is 5.91 Å². The first kappa shape index (κ1) is 19.7. The molecule has 0 unspecified atom stereocenters. The van der Waals surface area contributed by atoms with Crippen molar-refractivity contribution in [2.24, 2.45) is 0 Å². The molecule has 0 aliphatic carbocycles. The Morgan fingerprint density at radius 2 is 1.64 bits per heavy atom. The fourth-order valence-corrected chi connectivity index (χ4v) is 3.24. The monoisotopic (exact) mass is 382 g/mol. The van der Waals surface area contributed by atoms with Crippen LogP contribution in [0.5, 0.6) is 5.75 Å². The average Bonchev–Trinajstić information content (AvgIpc) is 2.73. The number of amides is 3. The van der Waals surface area contributed by atoms with Crippen LogP contribution in [0.2, 0.25) is 0 Å². The van der Waals surface area contributed by atoms with Gasteiger partial charge in [0.15, 0.2) is 0 Å². The predicted molar refractivity (Wildman–Crippen MR) is 108 cm³/mol. The molecule has 0 saturated carbocycles. The second-order valence-electron chi connectivity index (χ2n) is 6.87. The van der Waals surface area contributed by atoms with Gasteiger partial charge in [0.1, 0.15) is 5.75 Å². The molecule has 0 radical (unpaired) electrons. The van der Waals surface area contributed by atoms with Crippen molar-refractivity contribution in [3.05, 3.63) is 60.2 Å². The first-order valence-electron chi connectivity index (χ1n) is 9.43. The van der Waals surface area contributed by atoms with Crippen LogP contribution in [0.15, 0.2) is 54.6 Å².